The molecule has 0 spiro atoms. The highest BCUT2D eigenvalue weighted by atomic mass is 16.3. The Morgan fingerprint density at radius 2 is 1.67 bits per heavy atom. The van der Waals surface area contributed by atoms with Gasteiger partial charge in [-0.2, -0.15) is 0 Å². The first-order valence-electron chi connectivity index (χ1n) is 8.43. The maximum Gasteiger partial charge on any atom is 0.0804 e. The number of aliphatic hydroxyl groups excluding tert-OH is 1. The van der Waals surface area contributed by atoms with E-state index in [0.717, 1.165) is 31.0 Å². The van der Waals surface area contributed by atoms with E-state index in [1.54, 1.807) is 0 Å². The molecule has 1 aromatic carbocycles. The molecular weight excluding hydrogens is 258 g/mol. The van der Waals surface area contributed by atoms with Crippen molar-refractivity contribution in [3.63, 3.8) is 0 Å². The second kappa shape index (κ2) is 11.8. The summed E-state index contributed by atoms with van der Waals surface area (Å²) in [6.07, 6.45) is 3.00. The summed E-state index contributed by atoms with van der Waals surface area (Å²) in [5.74, 6) is 0.783. The molecule has 0 aromatic heterocycles. The normalized spacial score (nSPS) is 12.2. The third-order valence-corrected chi connectivity index (χ3v) is 3.65. The quantitative estimate of drug-likeness (QED) is 0.743. The predicted molar refractivity (Wildman–Crippen MR) is 93.7 cm³/mol. The van der Waals surface area contributed by atoms with Gasteiger partial charge in [-0.25, -0.2) is 0 Å². The second-order valence-corrected chi connectivity index (χ2v) is 6.00. The smallest absolute Gasteiger partial charge is 0.0804 e. The van der Waals surface area contributed by atoms with E-state index >= 15 is 0 Å². The van der Waals surface area contributed by atoms with Crippen LogP contribution in [0.4, 0.5) is 0 Å². The summed E-state index contributed by atoms with van der Waals surface area (Å²) in [7, 11) is 2.14. The first kappa shape index (κ1) is 20.1. The van der Waals surface area contributed by atoms with Gasteiger partial charge in [0.05, 0.1) is 6.10 Å². The Balaban J connectivity index is 0.00000191. The number of nitrogens with zero attached hydrogens (tertiary/aromatic N) is 1. The molecule has 0 saturated carbocycles. The number of hydrogen-bond acceptors (Lipinski definition) is 2. The molecule has 0 saturated heterocycles. The van der Waals surface area contributed by atoms with Crippen molar-refractivity contribution in [3.05, 3.63) is 35.4 Å². The summed E-state index contributed by atoms with van der Waals surface area (Å²) in [6.45, 7) is 12.7. The van der Waals surface area contributed by atoms with Gasteiger partial charge in [-0.15, -0.1) is 0 Å². The standard InChI is InChI=1S/C17H29NO.C2H6/c1-14(2)8-7-12-18(4)13-11-17(19)16-10-6-5-9-15(16)3;1-2/h5-6,9-10,14,17,19H,7-8,11-13H2,1-4H3;1-2H3. The Hall–Kier alpha value is -0.860. The Morgan fingerprint density at radius 3 is 2.24 bits per heavy atom. The molecule has 1 rings (SSSR count). The highest BCUT2D eigenvalue weighted by Gasteiger charge is 2.10. The molecule has 21 heavy (non-hydrogen) atoms. The van der Waals surface area contributed by atoms with Gasteiger partial charge in [-0.3, -0.25) is 0 Å². The summed E-state index contributed by atoms with van der Waals surface area (Å²) in [6, 6.07) is 8.10. The molecule has 122 valence electrons. The van der Waals surface area contributed by atoms with Crippen LogP contribution < -0.4 is 0 Å². The summed E-state index contributed by atoms with van der Waals surface area (Å²) in [5, 5.41) is 10.2. The minimum absolute atomic E-state index is 0.339. The fourth-order valence-electron chi connectivity index (χ4n) is 2.34. The fourth-order valence-corrected chi connectivity index (χ4v) is 2.34. The molecule has 1 unspecified atom stereocenters. The molecule has 0 radical (unpaired) electrons. The van der Waals surface area contributed by atoms with E-state index in [9.17, 15) is 5.11 Å². The van der Waals surface area contributed by atoms with Gasteiger partial charge in [0.25, 0.3) is 0 Å². The van der Waals surface area contributed by atoms with Gasteiger partial charge in [0.15, 0.2) is 0 Å². The van der Waals surface area contributed by atoms with E-state index in [2.05, 4.69) is 38.8 Å². The summed E-state index contributed by atoms with van der Waals surface area (Å²) >= 11 is 0. The third kappa shape index (κ3) is 8.90. The van der Waals surface area contributed by atoms with Gasteiger partial charge in [0, 0.05) is 6.54 Å². The van der Waals surface area contributed by atoms with E-state index in [1.165, 1.54) is 18.4 Å². The molecule has 2 nitrogen and oxygen atoms in total. The van der Waals surface area contributed by atoms with E-state index < -0.39 is 0 Å². The molecule has 0 fully saturated rings. The number of hydrogen-bond donors (Lipinski definition) is 1. The Morgan fingerprint density at radius 1 is 1.05 bits per heavy atom. The topological polar surface area (TPSA) is 23.5 Å². The van der Waals surface area contributed by atoms with Crippen LogP contribution in [-0.2, 0) is 0 Å². The largest absolute Gasteiger partial charge is 0.388 e. The van der Waals surface area contributed by atoms with Crippen LogP contribution in [0.5, 0.6) is 0 Å². The van der Waals surface area contributed by atoms with Crippen LogP contribution in [0.25, 0.3) is 0 Å². The maximum absolute atomic E-state index is 10.2. The predicted octanol–water partition coefficient (Wildman–Crippen LogP) is 4.81. The van der Waals surface area contributed by atoms with Crippen LogP contribution in [0, 0.1) is 12.8 Å². The van der Waals surface area contributed by atoms with E-state index in [-0.39, 0.29) is 6.10 Å². The molecular formula is C19H35NO. The number of benzene rings is 1. The van der Waals surface area contributed by atoms with Crippen LogP contribution >= 0.6 is 0 Å². The molecule has 0 aliphatic heterocycles. The third-order valence-electron chi connectivity index (χ3n) is 3.65. The highest BCUT2D eigenvalue weighted by molar-refractivity contribution is 5.27. The zero-order chi connectivity index (χ0) is 16.3. The van der Waals surface area contributed by atoms with Crippen molar-refractivity contribution in [2.24, 2.45) is 5.92 Å². The second-order valence-electron chi connectivity index (χ2n) is 6.00. The Labute approximate surface area is 132 Å². The Bertz CT molecular complexity index is 362. The first-order chi connectivity index (χ1) is 10.0. The lowest BCUT2D eigenvalue weighted by molar-refractivity contribution is 0.148. The molecule has 1 N–H and O–H groups in total. The van der Waals surface area contributed by atoms with Gasteiger partial charge in [-0.1, -0.05) is 52.0 Å². The number of rotatable bonds is 8. The first-order valence-corrected chi connectivity index (χ1v) is 8.43. The van der Waals surface area contributed by atoms with Gasteiger partial charge in [-0.05, 0) is 56.8 Å². The lowest BCUT2D eigenvalue weighted by Crippen LogP contribution is -2.23. The summed E-state index contributed by atoms with van der Waals surface area (Å²) < 4.78 is 0. The zero-order valence-electron chi connectivity index (χ0n) is 14.9. The summed E-state index contributed by atoms with van der Waals surface area (Å²) in [4.78, 5) is 2.32. The van der Waals surface area contributed by atoms with Crippen molar-refractivity contribution in [3.8, 4) is 0 Å². The maximum atomic E-state index is 10.2. The van der Waals surface area contributed by atoms with Crippen molar-refractivity contribution in [2.45, 2.75) is 60.0 Å². The van der Waals surface area contributed by atoms with Crippen molar-refractivity contribution >= 4 is 0 Å². The van der Waals surface area contributed by atoms with Crippen LogP contribution in [-0.4, -0.2) is 30.1 Å². The molecule has 0 amide bonds. The number of aryl methyl sites for hydroxylation is 1. The minimum atomic E-state index is -0.339. The number of aliphatic hydroxyl groups is 1. The van der Waals surface area contributed by atoms with Crippen LogP contribution in [0.2, 0.25) is 0 Å². The minimum Gasteiger partial charge on any atom is -0.388 e. The van der Waals surface area contributed by atoms with Crippen LogP contribution in [0.1, 0.15) is 64.2 Å². The van der Waals surface area contributed by atoms with E-state index in [0.29, 0.717) is 0 Å². The van der Waals surface area contributed by atoms with Gasteiger partial charge in [0.1, 0.15) is 0 Å². The van der Waals surface area contributed by atoms with Crippen LogP contribution in [0.3, 0.4) is 0 Å². The Kier molecular flexibility index (Phi) is 11.3. The fraction of sp³-hybridized carbons (Fsp3) is 0.684. The lowest BCUT2D eigenvalue weighted by atomic mass is 10.0. The molecule has 0 heterocycles. The molecule has 0 bridgehead atoms. The average molecular weight is 293 g/mol. The highest BCUT2D eigenvalue weighted by Crippen LogP contribution is 2.20. The molecule has 1 atom stereocenters. The van der Waals surface area contributed by atoms with E-state index in [1.807, 2.05) is 32.0 Å². The van der Waals surface area contributed by atoms with Crippen molar-refractivity contribution in [2.75, 3.05) is 20.1 Å². The summed E-state index contributed by atoms with van der Waals surface area (Å²) in [5.41, 5.74) is 2.25. The van der Waals surface area contributed by atoms with Gasteiger partial charge in [0.2, 0.25) is 0 Å². The molecule has 0 aliphatic carbocycles. The monoisotopic (exact) mass is 293 g/mol. The molecule has 0 aliphatic rings. The molecule has 1 aromatic rings. The van der Waals surface area contributed by atoms with Crippen LogP contribution in [0.15, 0.2) is 24.3 Å². The van der Waals surface area contributed by atoms with Crippen molar-refractivity contribution in [1.82, 2.24) is 4.90 Å². The van der Waals surface area contributed by atoms with Gasteiger partial charge >= 0.3 is 0 Å². The van der Waals surface area contributed by atoms with Crippen molar-refractivity contribution < 1.29 is 5.11 Å². The van der Waals surface area contributed by atoms with Gasteiger partial charge < -0.3 is 10.0 Å². The van der Waals surface area contributed by atoms with E-state index in [4.69, 9.17) is 0 Å². The SMILES string of the molecule is CC.Cc1ccccc1C(O)CCN(C)CCCC(C)C. The zero-order valence-corrected chi connectivity index (χ0v) is 14.9. The average Bonchev–Trinajstić information content (AvgIpc) is 2.47. The lowest BCUT2D eigenvalue weighted by Gasteiger charge is -2.20. The van der Waals surface area contributed by atoms with Crippen molar-refractivity contribution in [1.29, 1.82) is 0 Å². The molecule has 2 heteroatoms.